The topological polar surface area (TPSA) is 45.1 Å². The summed E-state index contributed by atoms with van der Waals surface area (Å²) in [6.45, 7) is 1.65. The summed E-state index contributed by atoms with van der Waals surface area (Å²) in [6.07, 6.45) is 3.15. The molecule has 0 amide bonds. The van der Waals surface area contributed by atoms with Gasteiger partial charge in [-0.15, -0.1) is 0 Å². The third kappa shape index (κ3) is 3.27. The SMILES string of the molecule is OC1CCCC1CNCc1cccc(Br)n1. The van der Waals surface area contributed by atoms with Gasteiger partial charge in [0.2, 0.25) is 0 Å². The summed E-state index contributed by atoms with van der Waals surface area (Å²) < 4.78 is 0.868. The molecule has 1 heterocycles. The maximum absolute atomic E-state index is 9.67. The predicted molar refractivity (Wildman–Crippen MR) is 67.0 cm³/mol. The van der Waals surface area contributed by atoms with Crippen LogP contribution in [0.3, 0.4) is 0 Å². The second-order valence-corrected chi connectivity index (χ2v) is 5.15. The van der Waals surface area contributed by atoms with Gasteiger partial charge in [-0.25, -0.2) is 4.98 Å². The Morgan fingerprint density at radius 2 is 2.31 bits per heavy atom. The average Bonchev–Trinajstić information content (AvgIpc) is 2.65. The quantitative estimate of drug-likeness (QED) is 0.833. The Balaban J connectivity index is 1.75. The number of aromatic nitrogens is 1. The minimum Gasteiger partial charge on any atom is -0.393 e. The first-order valence-corrected chi connectivity index (χ1v) is 6.55. The summed E-state index contributed by atoms with van der Waals surface area (Å²) in [5.74, 6) is 0.423. The van der Waals surface area contributed by atoms with E-state index in [1.54, 1.807) is 0 Å². The Morgan fingerprint density at radius 1 is 1.44 bits per heavy atom. The van der Waals surface area contributed by atoms with Crippen LogP contribution in [-0.2, 0) is 6.54 Å². The van der Waals surface area contributed by atoms with Crippen LogP contribution in [-0.4, -0.2) is 22.7 Å². The van der Waals surface area contributed by atoms with Gasteiger partial charge in [0.05, 0.1) is 11.8 Å². The highest BCUT2D eigenvalue weighted by atomic mass is 79.9. The maximum atomic E-state index is 9.67. The van der Waals surface area contributed by atoms with E-state index in [9.17, 15) is 5.11 Å². The molecule has 0 saturated heterocycles. The Morgan fingerprint density at radius 3 is 3.00 bits per heavy atom. The first-order chi connectivity index (χ1) is 7.75. The van der Waals surface area contributed by atoms with Crippen LogP contribution in [0.5, 0.6) is 0 Å². The smallest absolute Gasteiger partial charge is 0.106 e. The van der Waals surface area contributed by atoms with Gasteiger partial charge >= 0.3 is 0 Å². The van der Waals surface area contributed by atoms with Gasteiger partial charge in [-0.05, 0) is 46.8 Å². The monoisotopic (exact) mass is 284 g/mol. The van der Waals surface area contributed by atoms with Crippen LogP contribution in [0, 0.1) is 5.92 Å². The highest BCUT2D eigenvalue weighted by Crippen LogP contribution is 2.24. The molecule has 1 aromatic rings. The molecule has 16 heavy (non-hydrogen) atoms. The van der Waals surface area contributed by atoms with Crippen LogP contribution in [0.1, 0.15) is 25.0 Å². The summed E-state index contributed by atoms with van der Waals surface area (Å²) in [6, 6.07) is 5.91. The molecule has 0 aliphatic heterocycles. The summed E-state index contributed by atoms with van der Waals surface area (Å²) in [5.41, 5.74) is 1.03. The first kappa shape index (κ1) is 12.0. The molecule has 0 aromatic carbocycles. The highest BCUT2D eigenvalue weighted by molar-refractivity contribution is 9.10. The molecule has 0 radical (unpaired) electrons. The van der Waals surface area contributed by atoms with Crippen molar-refractivity contribution in [3.8, 4) is 0 Å². The van der Waals surface area contributed by atoms with Crippen molar-refractivity contribution in [1.82, 2.24) is 10.3 Å². The fourth-order valence-corrected chi connectivity index (χ4v) is 2.57. The predicted octanol–water partition coefficient (Wildman–Crippen LogP) is 2.09. The second kappa shape index (κ2) is 5.75. The van der Waals surface area contributed by atoms with Crippen LogP contribution >= 0.6 is 15.9 Å². The molecular weight excluding hydrogens is 268 g/mol. The van der Waals surface area contributed by atoms with Crippen molar-refractivity contribution in [3.05, 3.63) is 28.5 Å². The third-order valence-corrected chi connectivity index (χ3v) is 3.55. The lowest BCUT2D eigenvalue weighted by Gasteiger charge is -2.14. The molecule has 4 heteroatoms. The van der Waals surface area contributed by atoms with E-state index in [0.29, 0.717) is 5.92 Å². The number of nitrogens with zero attached hydrogens (tertiary/aromatic N) is 1. The fourth-order valence-electron chi connectivity index (χ4n) is 2.19. The molecule has 1 saturated carbocycles. The Hall–Kier alpha value is -0.450. The van der Waals surface area contributed by atoms with Gasteiger partial charge in [0.1, 0.15) is 4.60 Å². The molecule has 1 aromatic heterocycles. The normalized spacial score (nSPS) is 24.9. The van der Waals surface area contributed by atoms with Crippen molar-refractivity contribution in [2.45, 2.75) is 31.9 Å². The van der Waals surface area contributed by atoms with Crippen molar-refractivity contribution in [2.24, 2.45) is 5.92 Å². The molecule has 0 bridgehead atoms. The van der Waals surface area contributed by atoms with E-state index in [4.69, 9.17) is 0 Å². The van der Waals surface area contributed by atoms with Crippen LogP contribution in [0.4, 0.5) is 0 Å². The molecule has 3 nitrogen and oxygen atoms in total. The largest absolute Gasteiger partial charge is 0.393 e. The molecule has 88 valence electrons. The van der Waals surface area contributed by atoms with Crippen LogP contribution in [0.15, 0.2) is 22.8 Å². The lowest BCUT2D eigenvalue weighted by Crippen LogP contribution is -2.27. The zero-order chi connectivity index (χ0) is 11.4. The summed E-state index contributed by atoms with van der Waals surface area (Å²) >= 11 is 3.35. The van der Waals surface area contributed by atoms with E-state index in [2.05, 4.69) is 26.2 Å². The number of nitrogens with one attached hydrogen (secondary N) is 1. The number of halogens is 1. The van der Waals surface area contributed by atoms with Crippen molar-refractivity contribution >= 4 is 15.9 Å². The van der Waals surface area contributed by atoms with Gasteiger partial charge in [0.25, 0.3) is 0 Å². The lowest BCUT2D eigenvalue weighted by atomic mass is 10.1. The molecule has 1 fully saturated rings. The van der Waals surface area contributed by atoms with Gasteiger partial charge in [-0.2, -0.15) is 0 Å². The van der Waals surface area contributed by atoms with E-state index >= 15 is 0 Å². The molecule has 1 aliphatic carbocycles. The minimum atomic E-state index is -0.108. The average molecular weight is 285 g/mol. The molecule has 0 spiro atoms. The number of aliphatic hydroxyl groups excluding tert-OH is 1. The van der Waals surface area contributed by atoms with Crippen LogP contribution in [0.25, 0.3) is 0 Å². The number of rotatable bonds is 4. The number of hydrogen-bond acceptors (Lipinski definition) is 3. The maximum Gasteiger partial charge on any atom is 0.106 e. The number of hydrogen-bond donors (Lipinski definition) is 2. The zero-order valence-electron chi connectivity index (χ0n) is 9.19. The van der Waals surface area contributed by atoms with Crippen molar-refractivity contribution in [2.75, 3.05) is 6.54 Å². The van der Waals surface area contributed by atoms with Gasteiger partial charge in [-0.3, -0.25) is 0 Å². The molecule has 2 atom stereocenters. The van der Waals surface area contributed by atoms with E-state index in [1.807, 2.05) is 18.2 Å². The van der Waals surface area contributed by atoms with Gasteiger partial charge in [0.15, 0.2) is 0 Å². The summed E-state index contributed by atoms with van der Waals surface area (Å²) in [5, 5.41) is 13.0. The molecule has 2 rings (SSSR count). The second-order valence-electron chi connectivity index (χ2n) is 4.34. The van der Waals surface area contributed by atoms with Crippen molar-refractivity contribution in [1.29, 1.82) is 0 Å². The fraction of sp³-hybridized carbons (Fsp3) is 0.583. The third-order valence-electron chi connectivity index (χ3n) is 3.10. The Labute approximate surface area is 104 Å². The van der Waals surface area contributed by atoms with E-state index < -0.39 is 0 Å². The van der Waals surface area contributed by atoms with E-state index in [-0.39, 0.29) is 6.10 Å². The van der Waals surface area contributed by atoms with Gasteiger partial charge < -0.3 is 10.4 Å². The summed E-state index contributed by atoms with van der Waals surface area (Å²) in [4.78, 5) is 4.35. The molecule has 1 aliphatic rings. The molecular formula is C12H17BrN2O. The standard InChI is InChI=1S/C12H17BrN2O/c13-12-6-2-4-10(15-12)8-14-7-9-3-1-5-11(9)16/h2,4,6,9,11,14,16H,1,3,5,7-8H2. The van der Waals surface area contributed by atoms with E-state index in [1.165, 1.54) is 0 Å². The van der Waals surface area contributed by atoms with Gasteiger partial charge in [-0.1, -0.05) is 12.5 Å². The van der Waals surface area contributed by atoms with Crippen molar-refractivity contribution < 1.29 is 5.11 Å². The Bertz CT molecular complexity index is 346. The van der Waals surface area contributed by atoms with E-state index in [0.717, 1.165) is 42.6 Å². The Kier molecular flexibility index (Phi) is 4.32. The summed E-state index contributed by atoms with van der Waals surface area (Å²) in [7, 11) is 0. The number of pyridine rings is 1. The molecule has 2 N–H and O–H groups in total. The minimum absolute atomic E-state index is 0.108. The molecule has 2 unspecified atom stereocenters. The number of aliphatic hydroxyl groups is 1. The van der Waals surface area contributed by atoms with Gasteiger partial charge in [0, 0.05) is 13.1 Å². The van der Waals surface area contributed by atoms with Crippen LogP contribution < -0.4 is 5.32 Å². The van der Waals surface area contributed by atoms with Crippen LogP contribution in [0.2, 0.25) is 0 Å². The highest BCUT2D eigenvalue weighted by Gasteiger charge is 2.24. The first-order valence-electron chi connectivity index (χ1n) is 5.76. The lowest BCUT2D eigenvalue weighted by molar-refractivity contribution is 0.131. The van der Waals surface area contributed by atoms with Crippen molar-refractivity contribution in [3.63, 3.8) is 0 Å². The zero-order valence-corrected chi connectivity index (χ0v) is 10.8.